The fourth-order valence-corrected chi connectivity index (χ4v) is 3.21. The van der Waals surface area contributed by atoms with E-state index in [0.29, 0.717) is 25.9 Å². The number of hydrazone groups is 1. The van der Waals surface area contributed by atoms with E-state index in [1.165, 1.54) is 0 Å². The summed E-state index contributed by atoms with van der Waals surface area (Å²) in [4.78, 5) is 0. The molecule has 2 aromatic carbocycles. The molecule has 0 fully saturated rings. The third-order valence-electron chi connectivity index (χ3n) is 3.31. The van der Waals surface area contributed by atoms with E-state index in [1.54, 1.807) is 13.1 Å². The van der Waals surface area contributed by atoms with E-state index in [0.717, 1.165) is 22.3 Å². The zero-order chi connectivity index (χ0) is 15.9. The quantitative estimate of drug-likeness (QED) is 0.490. The monoisotopic (exact) mass is 369 g/mol. The van der Waals surface area contributed by atoms with Crippen molar-refractivity contribution in [3.63, 3.8) is 0 Å². The number of halogens is 3. The Balaban J connectivity index is 2.23. The zero-order valence-electron chi connectivity index (χ0n) is 11.4. The van der Waals surface area contributed by atoms with Crippen LogP contribution in [0.15, 0.2) is 35.4 Å². The summed E-state index contributed by atoms with van der Waals surface area (Å²) in [5, 5.41) is 9.35. The van der Waals surface area contributed by atoms with Crippen LogP contribution in [0.5, 0.6) is 0 Å². The minimum absolute atomic E-state index is 0.414. The SMILES string of the molecule is CNC(=S)NN=C1c2cc(Cl)ccc2-c2c(Cl)cc(Cl)cc21. The largest absolute Gasteiger partial charge is 0.364 e. The Labute approximate surface area is 148 Å². The maximum absolute atomic E-state index is 6.37. The Morgan fingerprint density at radius 2 is 1.73 bits per heavy atom. The van der Waals surface area contributed by atoms with Gasteiger partial charge in [0.05, 0.1) is 10.7 Å². The van der Waals surface area contributed by atoms with Crippen molar-refractivity contribution in [1.82, 2.24) is 10.7 Å². The Morgan fingerprint density at radius 3 is 2.45 bits per heavy atom. The third kappa shape index (κ3) is 2.68. The molecule has 3 rings (SSSR count). The minimum atomic E-state index is 0.414. The van der Waals surface area contributed by atoms with Crippen molar-refractivity contribution in [2.24, 2.45) is 5.10 Å². The summed E-state index contributed by atoms with van der Waals surface area (Å²) in [5.74, 6) is 0. The number of rotatable bonds is 1. The molecule has 0 saturated carbocycles. The average Bonchev–Trinajstić information content (AvgIpc) is 2.77. The lowest BCUT2D eigenvalue weighted by molar-refractivity contribution is 0.977. The fraction of sp³-hybridized carbons (Fsp3) is 0.0667. The van der Waals surface area contributed by atoms with Gasteiger partial charge in [-0.3, -0.25) is 5.43 Å². The number of benzene rings is 2. The van der Waals surface area contributed by atoms with Gasteiger partial charge in [0.1, 0.15) is 0 Å². The molecule has 2 N–H and O–H groups in total. The summed E-state index contributed by atoms with van der Waals surface area (Å²) in [7, 11) is 1.72. The van der Waals surface area contributed by atoms with Crippen LogP contribution < -0.4 is 10.7 Å². The van der Waals surface area contributed by atoms with Crippen LogP contribution in [-0.2, 0) is 0 Å². The summed E-state index contributed by atoms with van der Waals surface area (Å²) in [6.07, 6.45) is 0. The molecule has 0 radical (unpaired) electrons. The van der Waals surface area contributed by atoms with Gasteiger partial charge in [-0.2, -0.15) is 5.10 Å². The normalized spacial score (nSPS) is 13.7. The standard InChI is InChI=1S/C15H10Cl3N3S/c1-19-15(22)21-20-14-10-4-7(16)2-3-9(10)13-11(14)5-8(17)6-12(13)18/h2-6H,1H3,(H2,19,21,22). The third-order valence-corrected chi connectivity index (χ3v) is 4.36. The molecule has 0 spiro atoms. The smallest absolute Gasteiger partial charge is 0.186 e. The number of thiocarbonyl (C=S) groups is 1. The van der Waals surface area contributed by atoms with E-state index >= 15 is 0 Å². The average molecular weight is 371 g/mol. The highest BCUT2D eigenvalue weighted by Gasteiger charge is 2.28. The van der Waals surface area contributed by atoms with Gasteiger partial charge >= 0.3 is 0 Å². The molecule has 0 aromatic heterocycles. The van der Waals surface area contributed by atoms with Crippen LogP contribution in [0.25, 0.3) is 11.1 Å². The van der Waals surface area contributed by atoms with Gasteiger partial charge in [-0.1, -0.05) is 40.9 Å². The summed E-state index contributed by atoms with van der Waals surface area (Å²) >= 11 is 23.7. The molecule has 2 aromatic rings. The molecular formula is C15H10Cl3N3S. The van der Waals surface area contributed by atoms with E-state index in [1.807, 2.05) is 24.3 Å². The Kier molecular flexibility index (Phi) is 4.28. The van der Waals surface area contributed by atoms with Crippen molar-refractivity contribution in [3.05, 3.63) is 56.5 Å². The molecule has 0 heterocycles. The highest BCUT2D eigenvalue weighted by atomic mass is 35.5. The molecule has 0 bridgehead atoms. The first kappa shape index (κ1) is 15.6. The minimum Gasteiger partial charge on any atom is -0.364 e. The Hall–Kier alpha value is -1.33. The topological polar surface area (TPSA) is 36.4 Å². The zero-order valence-corrected chi connectivity index (χ0v) is 14.5. The molecule has 0 amide bonds. The van der Waals surface area contributed by atoms with Crippen LogP contribution in [0.1, 0.15) is 11.1 Å². The van der Waals surface area contributed by atoms with Gasteiger partial charge in [0.15, 0.2) is 5.11 Å². The van der Waals surface area contributed by atoms with Crippen molar-refractivity contribution in [2.45, 2.75) is 0 Å². The van der Waals surface area contributed by atoms with Gasteiger partial charge in [-0.25, -0.2) is 0 Å². The van der Waals surface area contributed by atoms with Crippen LogP contribution in [0, 0.1) is 0 Å². The molecule has 0 unspecified atom stereocenters. The summed E-state index contributed by atoms with van der Waals surface area (Å²) in [6.45, 7) is 0. The summed E-state index contributed by atoms with van der Waals surface area (Å²) in [6, 6.07) is 9.15. The second kappa shape index (κ2) is 6.05. The maximum atomic E-state index is 6.37. The molecule has 1 aliphatic rings. The number of hydrogen-bond acceptors (Lipinski definition) is 2. The lowest BCUT2D eigenvalue weighted by atomic mass is 10.1. The fourth-order valence-electron chi connectivity index (χ4n) is 2.39. The van der Waals surface area contributed by atoms with Gasteiger partial charge in [0.2, 0.25) is 0 Å². The molecule has 0 saturated heterocycles. The number of nitrogens with one attached hydrogen (secondary N) is 2. The van der Waals surface area contributed by atoms with Crippen LogP contribution >= 0.6 is 47.0 Å². The van der Waals surface area contributed by atoms with Crippen LogP contribution in [0.3, 0.4) is 0 Å². The van der Waals surface area contributed by atoms with Crippen molar-refractivity contribution >= 4 is 57.8 Å². The Morgan fingerprint density at radius 1 is 1.00 bits per heavy atom. The van der Waals surface area contributed by atoms with Gasteiger partial charge in [0.25, 0.3) is 0 Å². The van der Waals surface area contributed by atoms with Gasteiger partial charge in [-0.15, -0.1) is 0 Å². The molecule has 112 valence electrons. The second-order valence-corrected chi connectivity index (χ2v) is 6.34. The maximum Gasteiger partial charge on any atom is 0.186 e. The summed E-state index contributed by atoms with van der Waals surface area (Å²) in [5.41, 5.74) is 7.10. The van der Waals surface area contributed by atoms with Gasteiger partial charge in [-0.05, 0) is 42.0 Å². The number of fused-ring (bicyclic) bond motifs is 3. The lowest BCUT2D eigenvalue weighted by Gasteiger charge is -2.06. The molecule has 7 heteroatoms. The number of hydrogen-bond donors (Lipinski definition) is 2. The Bertz CT molecular complexity index is 818. The second-order valence-electron chi connectivity index (χ2n) is 4.65. The van der Waals surface area contributed by atoms with E-state index in [-0.39, 0.29) is 0 Å². The first-order valence-corrected chi connectivity index (χ1v) is 7.90. The van der Waals surface area contributed by atoms with Crippen LogP contribution in [0.2, 0.25) is 15.1 Å². The van der Waals surface area contributed by atoms with Crippen molar-refractivity contribution in [2.75, 3.05) is 7.05 Å². The molecular weight excluding hydrogens is 361 g/mol. The lowest BCUT2D eigenvalue weighted by Crippen LogP contribution is -2.29. The van der Waals surface area contributed by atoms with E-state index in [4.69, 9.17) is 47.0 Å². The highest BCUT2D eigenvalue weighted by Crippen LogP contribution is 2.43. The van der Waals surface area contributed by atoms with E-state index in [9.17, 15) is 0 Å². The molecule has 22 heavy (non-hydrogen) atoms. The van der Waals surface area contributed by atoms with Crippen molar-refractivity contribution in [3.8, 4) is 11.1 Å². The van der Waals surface area contributed by atoms with Gasteiger partial charge < -0.3 is 5.32 Å². The van der Waals surface area contributed by atoms with Crippen LogP contribution in [-0.4, -0.2) is 17.9 Å². The highest BCUT2D eigenvalue weighted by molar-refractivity contribution is 7.80. The van der Waals surface area contributed by atoms with Crippen molar-refractivity contribution in [1.29, 1.82) is 0 Å². The molecule has 3 nitrogen and oxygen atoms in total. The van der Waals surface area contributed by atoms with E-state index < -0.39 is 0 Å². The predicted molar refractivity (Wildman–Crippen MR) is 97.3 cm³/mol. The number of nitrogens with zero attached hydrogens (tertiary/aromatic N) is 1. The first-order valence-electron chi connectivity index (χ1n) is 6.36. The predicted octanol–water partition coefficient (Wildman–Crippen LogP) is 4.47. The van der Waals surface area contributed by atoms with E-state index in [2.05, 4.69) is 15.8 Å². The molecule has 0 aliphatic heterocycles. The summed E-state index contributed by atoms with van der Waals surface area (Å²) < 4.78 is 0. The van der Waals surface area contributed by atoms with Crippen molar-refractivity contribution < 1.29 is 0 Å². The van der Waals surface area contributed by atoms with Gasteiger partial charge in [0, 0.05) is 33.8 Å². The molecule has 1 aliphatic carbocycles. The van der Waals surface area contributed by atoms with Crippen LogP contribution in [0.4, 0.5) is 0 Å². The molecule has 0 atom stereocenters. The first-order chi connectivity index (χ1) is 10.5.